The zero-order chi connectivity index (χ0) is 27.3. The SMILES string of the molecule is CCOc1cc(-c2ccc(NC(=O)Nc3ccc(CN4CCOCC4)c(C(F)(F)F)c3)c(F)c2)c[nH]c1=O.Cl. The topological polar surface area (TPSA) is 95.7 Å². The van der Waals surface area contributed by atoms with E-state index in [1.165, 1.54) is 36.5 Å². The van der Waals surface area contributed by atoms with E-state index >= 15 is 0 Å². The quantitative estimate of drug-likeness (QED) is 0.326. The monoisotopic (exact) mass is 570 g/mol. The summed E-state index contributed by atoms with van der Waals surface area (Å²) in [6, 6.07) is 8.10. The molecule has 2 heterocycles. The first-order valence-corrected chi connectivity index (χ1v) is 11.9. The lowest BCUT2D eigenvalue weighted by molar-refractivity contribution is -0.138. The number of ether oxygens (including phenoxy) is 2. The Morgan fingerprint density at radius 2 is 1.82 bits per heavy atom. The van der Waals surface area contributed by atoms with Gasteiger partial charge in [-0.3, -0.25) is 9.69 Å². The maximum absolute atomic E-state index is 14.8. The van der Waals surface area contributed by atoms with E-state index < -0.39 is 29.1 Å². The van der Waals surface area contributed by atoms with Gasteiger partial charge in [0.1, 0.15) is 5.82 Å². The highest BCUT2D eigenvalue weighted by Gasteiger charge is 2.34. The number of urea groups is 1. The molecule has 0 atom stereocenters. The fourth-order valence-corrected chi connectivity index (χ4v) is 4.03. The molecule has 3 N–H and O–H groups in total. The number of rotatable bonds is 7. The van der Waals surface area contributed by atoms with Crippen molar-refractivity contribution in [2.45, 2.75) is 19.6 Å². The molecule has 1 aliphatic rings. The highest BCUT2D eigenvalue weighted by molar-refractivity contribution is 6.00. The number of nitrogens with one attached hydrogen (secondary N) is 3. The molecule has 2 amide bonds. The molecule has 13 heteroatoms. The van der Waals surface area contributed by atoms with E-state index in [2.05, 4.69) is 15.6 Å². The molecule has 0 spiro atoms. The number of carbonyl (C=O) groups excluding carboxylic acids is 1. The van der Waals surface area contributed by atoms with Crippen LogP contribution in [0.5, 0.6) is 5.75 Å². The third-order valence-corrected chi connectivity index (χ3v) is 5.89. The number of benzene rings is 2. The van der Waals surface area contributed by atoms with Crippen LogP contribution in [0, 0.1) is 5.82 Å². The minimum Gasteiger partial charge on any atom is -0.488 e. The first-order valence-electron chi connectivity index (χ1n) is 11.9. The molecule has 2 aromatic carbocycles. The van der Waals surface area contributed by atoms with Crippen molar-refractivity contribution in [3.8, 4) is 16.9 Å². The smallest absolute Gasteiger partial charge is 0.416 e. The number of halogens is 5. The Balaban J connectivity index is 0.00000420. The molecular weight excluding hydrogens is 544 g/mol. The largest absolute Gasteiger partial charge is 0.488 e. The lowest BCUT2D eigenvalue weighted by Crippen LogP contribution is -2.36. The van der Waals surface area contributed by atoms with E-state index in [0.717, 1.165) is 12.1 Å². The summed E-state index contributed by atoms with van der Waals surface area (Å²) in [5.74, 6) is -0.695. The van der Waals surface area contributed by atoms with Crippen LogP contribution in [-0.2, 0) is 17.5 Å². The predicted octanol–water partition coefficient (Wildman–Crippen LogP) is 5.50. The Labute approximate surface area is 227 Å². The summed E-state index contributed by atoms with van der Waals surface area (Å²) in [4.78, 5) is 28.6. The van der Waals surface area contributed by atoms with Gasteiger partial charge in [0.15, 0.2) is 5.75 Å². The molecule has 1 aliphatic heterocycles. The maximum Gasteiger partial charge on any atom is 0.416 e. The second kappa shape index (κ2) is 13.0. The fraction of sp³-hybridized carbons (Fsp3) is 0.308. The Morgan fingerprint density at radius 3 is 2.49 bits per heavy atom. The summed E-state index contributed by atoms with van der Waals surface area (Å²) in [6.45, 7) is 4.07. The Hall–Kier alpha value is -3.61. The third kappa shape index (κ3) is 7.71. The van der Waals surface area contributed by atoms with Gasteiger partial charge in [-0.2, -0.15) is 13.2 Å². The molecule has 0 saturated carbocycles. The molecular formula is C26H27ClF4N4O4. The van der Waals surface area contributed by atoms with E-state index in [-0.39, 0.29) is 48.2 Å². The molecule has 210 valence electrons. The summed E-state index contributed by atoms with van der Waals surface area (Å²) >= 11 is 0. The molecule has 0 radical (unpaired) electrons. The molecule has 8 nitrogen and oxygen atoms in total. The van der Waals surface area contributed by atoms with Crippen molar-refractivity contribution in [2.24, 2.45) is 0 Å². The number of hydrogen-bond donors (Lipinski definition) is 3. The fourth-order valence-electron chi connectivity index (χ4n) is 4.03. The summed E-state index contributed by atoms with van der Waals surface area (Å²) in [6.07, 6.45) is -3.22. The van der Waals surface area contributed by atoms with Gasteiger partial charge in [0.2, 0.25) is 0 Å². The van der Waals surface area contributed by atoms with E-state index in [1.54, 1.807) is 6.92 Å². The van der Waals surface area contributed by atoms with Gasteiger partial charge in [0, 0.05) is 37.1 Å². The highest BCUT2D eigenvalue weighted by Crippen LogP contribution is 2.35. The van der Waals surface area contributed by atoms with Crippen LogP contribution in [-0.4, -0.2) is 48.8 Å². The predicted molar refractivity (Wildman–Crippen MR) is 141 cm³/mol. The van der Waals surface area contributed by atoms with E-state index in [4.69, 9.17) is 9.47 Å². The molecule has 39 heavy (non-hydrogen) atoms. The van der Waals surface area contributed by atoms with Crippen molar-refractivity contribution in [1.82, 2.24) is 9.88 Å². The number of carbonyl (C=O) groups is 1. The molecule has 4 rings (SSSR count). The molecule has 1 saturated heterocycles. The number of hydrogen-bond acceptors (Lipinski definition) is 5. The standard InChI is InChI=1S/C26H26F4N4O4.ClH/c1-2-38-23-12-18(14-31-24(23)35)16-4-6-22(21(27)11-16)33-25(36)32-19-5-3-17(20(13-19)26(28,29)30)15-34-7-9-37-10-8-34;/h3-6,11-14H,2,7-10,15H2,1H3,(H,31,35)(H2,32,33,36);1H. The van der Waals surface area contributed by atoms with E-state index in [0.29, 0.717) is 37.4 Å². The minimum atomic E-state index is -4.62. The number of amides is 2. The van der Waals surface area contributed by atoms with Crippen molar-refractivity contribution in [2.75, 3.05) is 43.5 Å². The Bertz CT molecular complexity index is 1360. The van der Waals surface area contributed by atoms with Crippen LogP contribution in [0.2, 0.25) is 0 Å². The first kappa shape index (κ1) is 29.9. The number of morpholine rings is 1. The Morgan fingerprint density at radius 1 is 1.08 bits per heavy atom. The number of anilines is 2. The van der Waals surface area contributed by atoms with E-state index in [1.807, 2.05) is 4.90 Å². The highest BCUT2D eigenvalue weighted by atomic mass is 35.5. The Kier molecular flexibility index (Phi) is 9.95. The summed E-state index contributed by atoms with van der Waals surface area (Å²) in [7, 11) is 0. The van der Waals surface area contributed by atoms with Crippen LogP contribution >= 0.6 is 12.4 Å². The second-order valence-electron chi connectivity index (χ2n) is 8.55. The first-order chi connectivity index (χ1) is 18.1. The number of aromatic nitrogens is 1. The van der Waals surface area contributed by atoms with Crippen molar-refractivity contribution >= 4 is 29.8 Å². The van der Waals surface area contributed by atoms with Gasteiger partial charge in [0.05, 0.1) is 31.1 Å². The van der Waals surface area contributed by atoms with Crippen LogP contribution < -0.4 is 20.9 Å². The van der Waals surface area contributed by atoms with Gasteiger partial charge in [-0.25, -0.2) is 9.18 Å². The lowest BCUT2D eigenvalue weighted by atomic mass is 10.0. The van der Waals surface area contributed by atoms with Crippen LogP contribution in [0.3, 0.4) is 0 Å². The molecule has 0 bridgehead atoms. The normalized spacial score (nSPS) is 13.9. The van der Waals surface area contributed by atoms with Crippen molar-refractivity contribution in [1.29, 1.82) is 0 Å². The molecule has 0 unspecified atom stereocenters. The van der Waals surface area contributed by atoms with Gasteiger partial charge >= 0.3 is 12.2 Å². The minimum absolute atomic E-state index is 0. The van der Waals surface area contributed by atoms with Gasteiger partial charge in [0.25, 0.3) is 5.56 Å². The summed E-state index contributed by atoms with van der Waals surface area (Å²) < 4.78 is 66.5. The van der Waals surface area contributed by atoms with Crippen molar-refractivity contribution in [3.05, 3.63) is 76.0 Å². The third-order valence-electron chi connectivity index (χ3n) is 5.89. The number of alkyl halides is 3. The van der Waals surface area contributed by atoms with Crippen molar-refractivity contribution < 1.29 is 31.8 Å². The molecule has 0 aliphatic carbocycles. The second-order valence-corrected chi connectivity index (χ2v) is 8.55. The number of nitrogens with zero attached hydrogens (tertiary/aromatic N) is 1. The summed E-state index contributed by atoms with van der Waals surface area (Å²) in [5, 5.41) is 4.63. The zero-order valence-electron chi connectivity index (χ0n) is 20.9. The zero-order valence-corrected chi connectivity index (χ0v) is 21.7. The van der Waals surface area contributed by atoms with Crippen LogP contribution in [0.15, 0.2) is 53.5 Å². The van der Waals surface area contributed by atoms with Crippen LogP contribution in [0.1, 0.15) is 18.1 Å². The van der Waals surface area contributed by atoms with E-state index in [9.17, 15) is 27.2 Å². The molecule has 1 fully saturated rings. The van der Waals surface area contributed by atoms with Crippen molar-refractivity contribution in [3.63, 3.8) is 0 Å². The average Bonchev–Trinajstić information content (AvgIpc) is 2.87. The van der Waals surface area contributed by atoms with Crippen LogP contribution in [0.25, 0.3) is 11.1 Å². The number of H-pyrrole nitrogens is 1. The lowest BCUT2D eigenvalue weighted by Gasteiger charge is -2.27. The number of pyridine rings is 1. The molecule has 3 aromatic rings. The maximum atomic E-state index is 14.8. The van der Waals surface area contributed by atoms with Gasteiger partial charge in [-0.1, -0.05) is 12.1 Å². The van der Waals surface area contributed by atoms with Crippen LogP contribution in [0.4, 0.5) is 33.7 Å². The number of aromatic amines is 1. The van der Waals surface area contributed by atoms with Gasteiger partial charge < -0.3 is 25.1 Å². The van der Waals surface area contributed by atoms with Gasteiger partial charge in [-0.05, 0) is 48.4 Å². The average molecular weight is 571 g/mol. The van der Waals surface area contributed by atoms with Gasteiger partial charge in [-0.15, -0.1) is 12.4 Å². The summed E-state index contributed by atoms with van der Waals surface area (Å²) in [5.41, 5.74) is -0.564. The molecule has 1 aromatic heterocycles.